The summed E-state index contributed by atoms with van der Waals surface area (Å²) in [4.78, 5) is 11.4. The number of aliphatic hydroxyl groups is 1. The van der Waals surface area contributed by atoms with Crippen LogP contribution in [-0.4, -0.2) is 43.9 Å². The fraction of sp³-hybridized carbons (Fsp3) is 0.533. The Morgan fingerprint density at radius 3 is 2.80 bits per heavy atom. The molecule has 1 aliphatic carbocycles. The van der Waals surface area contributed by atoms with Gasteiger partial charge < -0.3 is 19.7 Å². The normalized spacial score (nSPS) is 23.6. The van der Waals surface area contributed by atoms with Crippen molar-refractivity contribution < 1.29 is 23.0 Å². The van der Waals surface area contributed by atoms with Gasteiger partial charge in [0.2, 0.25) is 11.8 Å². The van der Waals surface area contributed by atoms with Gasteiger partial charge in [-0.15, -0.1) is 0 Å². The number of aromatic nitrogens is 4. The zero-order valence-electron chi connectivity index (χ0n) is 13.4. The average Bonchev–Trinajstić information content (AvgIpc) is 3.17. The molecule has 2 N–H and O–H groups in total. The van der Waals surface area contributed by atoms with Crippen molar-refractivity contribution in [3.05, 3.63) is 30.5 Å². The predicted octanol–water partition coefficient (Wildman–Crippen LogP) is 1.95. The van der Waals surface area contributed by atoms with Gasteiger partial charge in [-0.1, -0.05) is 0 Å². The van der Waals surface area contributed by atoms with E-state index in [0.29, 0.717) is 19.4 Å². The summed E-state index contributed by atoms with van der Waals surface area (Å²) in [5.41, 5.74) is -1.09. The van der Waals surface area contributed by atoms with Gasteiger partial charge in [0.1, 0.15) is 0 Å². The lowest BCUT2D eigenvalue weighted by atomic mass is 10.1. The van der Waals surface area contributed by atoms with Crippen LogP contribution in [0.15, 0.2) is 24.8 Å². The van der Waals surface area contributed by atoms with Crippen LogP contribution in [0.3, 0.4) is 0 Å². The highest BCUT2D eigenvalue weighted by Crippen LogP contribution is 2.32. The van der Waals surface area contributed by atoms with E-state index in [1.54, 1.807) is 12.5 Å². The maximum absolute atomic E-state index is 12.9. The van der Waals surface area contributed by atoms with E-state index in [9.17, 15) is 18.3 Å². The van der Waals surface area contributed by atoms with Crippen LogP contribution in [0.5, 0.6) is 5.88 Å². The van der Waals surface area contributed by atoms with E-state index in [4.69, 9.17) is 4.74 Å². The standard InChI is InChI=1S/C15H18F3N5O2/c1-25-13-6-12(15(16,17)18)21-14(22-13)20-10-4-9(5-11(10)24)7-23-3-2-19-8-23/h2-3,6,8-11,24H,4-5,7H2,1H3,(H,20,21,22)/t9?,10-,11-/m1/s1. The number of hydrogen-bond acceptors (Lipinski definition) is 6. The molecule has 2 aromatic rings. The molecule has 1 fully saturated rings. The lowest BCUT2D eigenvalue weighted by molar-refractivity contribution is -0.141. The molecule has 7 nitrogen and oxygen atoms in total. The zero-order chi connectivity index (χ0) is 18.0. The summed E-state index contributed by atoms with van der Waals surface area (Å²) in [6.07, 6.45) is 1.00. The number of nitrogens with zero attached hydrogens (tertiary/aromatic N) is 4. The van der Waals surface area contributed by atoms with Crippen LogP contribution in [0.25, 0.3) is 0 Å². The zero-order valence-corrected chi connectivity index (χ0v) is 13.4. The number of ether oxygens (including phenoxy) is 1. The summed E-state index contributed by atoms with van der Waals surface area (Å²) in [5, 5.41) is 13.0. The molecular formula is C15H18F3N5O2. The number of methoxy groups -OCH3 is 1. The minimum atomic E-state index is -4.61. The van der Waals surface area contributed by atoms with Crippen LogP contribution in [0, 0.1) is 5.92 Å². The van der Waals surface area contributed by atoms with Crippen LogP contribution in [0.2, 0.25) is 0 Å². The van der Waals surface area contributed by atoms with Crippen LogP contribution in [0.1, 0.15) is 18.5 Å². The first-order valence-electron chi connectivity index (χ1n) is 7.75. The lowest BCUT2D eigenvalue weighted by Gasteiger charge is -2.18. The molecule has 3 rings (SSSR count). The fourth-order valence-corrected chi connectivity index (χ4v) is 3.02. The number of alkyl halides is 3. The maximum atomic E-state index is 12.9. The molecule has 0 saturated heterocycles. The monoisotopic (exact) mass is 357 g/mol. The number of anilines is 1. The number of halogens is 3. The summed E-state index contributed by atoms with van der Waals surface area (Å²) < 4.78 is 45.5. The first-order chi connectivity index (χ1) is 11.8. The highest BCUT2D eigenvalue weighted by molar-refractivity contribution is 5.34. The Labute approximate surface area is 141 Å². The number of imidazole rings is 1. The van der Waals surface area contributed by atoms with E-state index in [-0.39, 0.29) is 17.7 Å². The lowest BCUT2D eigenvalue weighted by Crippen LogP contribution is -2.29. The molecule has 3 atom stereocenters. The van der Waals surface area contributed by atoms with Gasteiger partial charge in [0.15, 0.2) is 5.69 Å². The van der Waals surface area contributed by atoms with Crippen LogP contribution >= 0.6 is 0 Å². The molecule has 1 unspecified atom stereocenters. The number of hydrogen-bond donors (Lipinski definition) is 2. The van der Waals surface area contributed by atoms with Gasteiger partial charge in [0.05, 0.1) is 25.6 Å². The van der Waals surface area contributed by atoms with Gasteiger partial charge in [0.25, 0.3) is 0 Å². The Balaban J connectivity index is 1.71. The molecule has 0 radical (unpaired) electrons. The van der Waals surface area contributed by atoms with Crippen molar-refractivity contribution in [3.63, 3.8) is 0 Å². The largest absolute Gasteiger partial charge is 0.481 e. The van der Waals surface area contributed by atoms with Gasteiger partial charge in [-0.25, -0.2) is 9.97 Å². The highest BCUT2D eigenvalue weighted by Gasteiger charge is 2.36. The topological polar surface area (TPSA) is 85.1 Å². The van der Waals surface area contributed by atoms with E-state index in [0.717, 1.165) is 6.07 Å². The van der Waals surface area contributed by atoms with E-state index >= 15 is 0 Å². The van der Waals surface area contributed by atoms with Crippen LogP contribution in [0.4, 0.5) is 19.1 Å². The second-order valence-electron chi connectivity index (χ2n) is 6.03. The van der Waals surface area contributed by atoms with Crippen molar-refractivity contribution in [1.82, 2.24) is 19.5 Å². The van der Waals surface area contributed by atoms with Crippen LogP contribution in [-0.2, 0) is 12.7 Å². The van der Waals surface area contributed by atoms with Gasteiger partial charge in [-0.05, 0) is 18.8 Å². The van der Waals surface area contributed by atoms with Crippen LogP contribution < -0.4 is 10.1 Å². The molecule has 0 aromatic carbocycles. The third-order valence-electron chi connectivity index (χ3n) is 4.17. The van der Waals surface area contributed by atoms with E-state index < -0.39 is 24.0 Å². The molecule has 1 saturated carbocycles. The third-order valence-corrected chi connectivity index (χ3v) is 4.17. The van der Waals surface area contributed by atoms with E-state index in [1.807, 2.05) is 10.8 Å². The highest BCUT2D eigenvalue weighted by atomic mass is 19.4. The quantitative estimate of drug-likeness (QED) is 0.851. The summed E-state index contributed by atoms with van der Waals surface area (Å²) in [6, 6.07) is 0.305. The molecule has 2 aromatic heterocycles. The molecule has 10 heteroatoms. The summed E-state index contributed by atoms with van der Waals surface area (Å²) in [6.45, 7) is 0.683. The first kappa shape index (κ1) is 17.5. The maximum Gasteiger partial charge on any atom is 0.433 e. The van der Waals surface area contributed by atoms with Crippen molar-refractivity contribution in [2.45, 2.75) is 37.7 Å². The van der Waals surface area contributed by atoms with E-state index in [1.165, 1.54) is 7.11 Å². The van der Waals surface area contributed by atoms with Gasteiger partial charge in [0, 0.05) is 25.0 Å². The second-order valence-corrected chi connectivity index (χ2v) is 6.03. The molecule has 25 heavy (non-hydrogen) atoms. The third kappa shape index (κ3) is 4.19. The summed E-state index contributed by atoms with van der Waals surface area (Å²) >= 11 is 0. The first-order valence-corrected chi connectivity index (χ1v) is 7.75. The molecule has 0 amide bonds. The van der Waals surface area contributed by atoms with Crippen molar-refractivity contribution >= 4 is 5.95 Å². The smallest absolute Gasteiger partial charge is 0.433 e. The molecule has 1 aliphatic rings. The molecule has 0 spiro atoms. The van der Waals surface area contributed by atoms with Crippen molar-refractivity contribution in [1.29, 1.82) is 0 Å². The minimum Gasteiger partial charge on any atom is -0.481 e. The van der Waals surface area contributed by atoms with Gasteiger partial charge >= 0.3 is 6.18 Å². The Morgan fingerprint density at radius 2 is 2.16 bits per heavy atom. The van der Waals surface area contributed by atoms with Gasteiger partial charge in [-0.2, -0.15) is 18.2 Å². The Bertz CT molecular complexity index is 708. The number of rotatable bonds is 5. The van der Waals surface area contributed by atoms with Crippen molar-refractivity contribution in [3.8, 4) is 5.88 Å². The summed E-state index contributed by atoms with van der Waals surface area (Å²) in [7, 11) is 1.23. The molecule has 0 bridgehead atoms. The van der Waals surface area contributed by atoms with Crippen molar-refractivity contribution in [2.24, 2.45) is 5.92 Å². The fourth-order valence-electron chi connectivity index (χ4n) is 3.02. The van der Waals surface area contributed by atoms with Crippen molar-refractivity contribution in [2.75, 3.05) is 12.4 Å². The molecule has 2 heterocycles. The molecule has 136 valence electrons. The van der Waals surface area contributed by atoms with E-state index in [2.05, 4.69) is 20.3 Å². The SMILES string of the molecule is COc1cc(C(F)(F)F)nc(N[C@@H]2CC(Cn3ccnc3)C[C@H]2O)n1. The average molecular weight is 357 g/mol. The molecule has 0 aliphatic heterocycles. The number of nitrogens with one attached hydrogen (secondary N) is 1. The Morgan fingerprint density at radius 1 is 1.36 bits per heavy atom. The van der Waals surface area contributed by atoms with Gasteiger partial charge in [-0.3, -0.25) is 0 Å². The Hall–Kier alpha value is -2.36. The number of aliphatic hydroxyl groups excluding tert-OH is 1. The minimum absolute atomic E-state index is 0.175. The molecular weight excluding hydrogens is 339 g/mol. The second kappa shape index (κ2) is 6.87. The Kier molecular flexibility index (Phi) is 4.80. The predicted molar refractivity (Wildman–Crippen MR) is 82.0 cm³/mol. The summed E-state index contributed by atoms with van der Waals surface area (Å²) in [5.74, 6) is -0.222.